The van der Waals surface area contributed by atoms with Crippen LogP contribution in [0.4, 0.5) is 11.4 Å². The molecule has 0 spiro atoms. The molecule has 0 radical (unpaired) electrons. The molecule has 3 aromatic heterocycles. The Hall–Kier alpha value is -5.69. The summed E-state index contributed by atoms with van der Waals surface area (Å²) in [5, 5.41) is 5.30. The molecule has 9 rings (SSSR count). The van der Waals surface area contributed by atoms with Crippen LogP contribution in [0.1, 0.15) is 54.2 Å². The quantitative estimate of drug-likeness (QED) is 0.202. The van der Waals surface area contributed by atoms with Crippen molar-refractivity contribution in [2.24, 2.45) is 13.0 Å². The Balaban J connectivity index is 0.753. The van der Waals surface area contributed by atoms with Crippen LogP contribution in [0.25, 0.3) is 33.5 Å². The summed E-state index contributed by atoms with van der Waals surface area (Å²) in [6, 6.07) is 20.1. The molecule has 4 aliphatic heterocycles. The number of aromatic amines is 1. The second kappa shape index (κ2) is 14.5. The number of nitrogens with zero attached hydrogens (tertiary/aromatic N) is 6. The summed E-state index contributed by atoms with van der Waals surface area (Å²) in [5.74, 6) is -0.0214. The minimum atomic E-state index is -0.673. The minimum Gasteiger partial charge on any atom is -0.371 e. The molecule has 1 atom stereocenters. The van der Waals surface area contributed by atoms with E-state index in [0.29, 0.717) is 18.9 Å². The molecule has 7 heterocycles. The maximum atomic E-state index is 13.2. The highest BCUT2D eigenvalue weighted by Gasteiger charge is 2.32. The summed E-state index contributed by atoms with van der Waals surface area (Å²) in [6.07, 6.45) is 6.70. The van der Waals surface area contributed by atoms with Gasteiger partial charge in [0.25, 0.3) is 5.91 Å². The molecule has 2 aromatic carbocycles. The van der Waals surface area contributed by atoms with Gasteiger partial charge in [0.15, 0.2) is 0 Å². The van der Waals surface area contributed by atoms with E-state index in [1.54, 1.807) is 16.2 Å². The number of rotatable bonds is 8. The number of anilines is 2. The van der Waals surface area contributed by atoms with Gasteiger partial charge in [0.2, 0.25) is 11.8 Å². The van der Waals surface area contributed by atoms with Crippen LogP contribution >= 0.6 is 0 Å². The summed E-state index contributed by atoms with van der Waals surface area (Å²) >= 11 is 0. The first-order valence-corrected chi connectivity index (χ1v) is 19.6. The number of imide groups is 1. The van der Waals surface area contributed by atoms with Gasteiger partial charge < -0.3 is 20.1 Å². The average molecular weight is 742 g/mol. The van der Waals surface area contributed by atoms with Crippen molar-refractivity contribution >= 4 is 40.1 Å². The molecule has 3 amide bonds. The number of hydrogen-bond acceptors (Lipinski definition) is 8. The fourth-order valence-corrected chi connectivity index (χ4v) is 8.90. The third-order valence-corrected chi connectivity index (χ3v) is 12.2. The van der Waals surface area contributed by atoms with Gasteiger partial charge in [-0.15, -0.1) is 0 Å². The van der Waals surface area contributed by atoms with Crippen molar-refractivity contribution < 1.29 is 14.4 Å². The minimum absolute atomic E-state index is 0.0158. The van der Waals surface area contributed by atoms with Crippen LogP contribution in [0.2, 0.25) is 0 Å². The number of aryl methyl sites for hydroxylation is 1. The highest BCUT2D eigenvalue weighted by atomic mass is 16.2. The van der Waals surface area contributed by atoms with Gasteiger partial charge in [-0.1, -0.05) is 12.1 Å². The number of imidazole rings is 1. The maximum absolute atomic E-state index is 13.2. The molecule has 13 heteroatoms. The zero-order valence-corrected chi connectivity index (χ0v) is 31.2. The first-order valence-electron chi connectivity index (χ1n) is 19.6. The van der Waals surface area contributed by atoms with Gasteiger partial charge in [-0.2, -0.15) is 0 Å². The third-order valence-electron chi connectivity index (χ3n) is 12.2. The van der Waals surface area contributed by atoms with E-state index >= 15 is 0 Å². The van der Waals surface area contributed by atoms with Crippen molar-refractivity contribution in [3.8, 4) is 22.5 Å². The molecule has 0 saturated carbocycles. The molecule has 13 nitrogen and oxygen atoms in total. The maximum Gasteiger partial charge on any atom is 0.329 e. The number of fused-ring (bicyclic) bond motifs is 2. The van der Waals surface area contributed by atoms with Gasteiger partial charge >= 0.3 is 5.69 Å². The van der Waals surface area contributed by atoms with Crippen LogP contribution in [0.5, 0.6) is 0 Å². The fraction of sp³-hybridized carbons (Fsp3) is 0.405. The first-order chi connectivity index (χ1) is 26.8. The summed E-state index contributed by atoms with van der Waals surface area (Å²) in [4.78, 5) is 65.3. The second-order valence-electron chi connectivity index (χ2n) is 15.5. The molecule has 4 aliphatic rings. The Bertz CT molecular complexity index is 2320. The van der Waals surface area contributed by atoms with Gasteiger partial charge in [-0.25, -0.2) is 4.79 Å². The summed E-state index contributed by atoms with van der Waals surface area (Å²) in [5.41, 5.74) is 9.29. The van der Waals surface area contributed by atoms with Crippen molar-refractivity contribution in [3.05, 3.63) is 88.6 Å². The number of carbonyl (C=O) groups excluding carboxylic acids is 3. The molecule has 5 aromatic rings. The summed E-state index contributed by atoms with van der Waals surface area (Å²) < 4.78 is 3.16. The highest BCUT2D eigenvalue weighted by molar-refractivity contribution is 6.00. The fourth-order valence-electron chi connectivity index (χ4n) is 8.90. The number of benzene rings is 2. The number of aromatic nitrogens is 4. The van der Waals surface area contributed by atoms with E-state index in [-0.39, 0.29) is 23.9 Å². The largest absolute Gasteiger partial charge is 0.371 e. The van der Waals surface area contributed by atoms with Gasteiger partial charge in [0.05, 0.1) is 22.3 Å². The van der Waals surface area contributed by atoms with E-state index in [2.05, 4.69) is 77.8 Å². The predicted octanol–water partition coefficient (Wildman–Crippen LogP) is 4.09. The average Bonchev–Trinajstić information content (AvgIpc) is 3.77. The van der Waals surface area contributed by atoms with E-state index in [9.17, 15) is 19.2 Å². The molecule has 3 fully saturated rings. The van der Waals surface area contributed by atoms with Gasteiger partial charge in [0.1, 0.15) is 6.04 Å². The Labute approximate surface area is 319 Å². The number of pyridine rings is 1. The summed E-state index contributed by atoms with van der Waals surface area (Å²) in [7, 11) is 1.75. The van der Waals surface area contributed by atoms with Gasteiger partial charge in [-0.05, 0) is 86.7 Å². The van der Waals surface area contributed by atoms with Crippen LogP contribution in [0.3, 0.4) is 0 Å². The standard InChI is InChI=1S/C42H47N9O4/c1-47-38-25-31(6-7-36(38)51(42(47)55)37-8-9-39(52)46-41(37)54)49-18-13-27(14-19-49)12-17-48-20-22-50(23-21-48)30-4-2-28(3-5-30)34-24-29(10-15-43-34)35-26-32-33(45-35)11-16-44-40(32)53/h2-7,10,15,24-27,37,45H,8-9,11-14,16-23H2,1H3,(H,44,53)(H,46,52,54). The predicted molar refractivity (Wildman–Crippen MR) is 212 cm³/mol. The van der Waals surface area contributed by atoms with Crippen LogP contribution < -0.4 is 26.1 Å². The molecule has 0 bridgehead atoms. The van der Waals surface area contributed by atoms with E-state index in [4.69, 9.17) is 0 Å². The Morgan fingerprint density at radius 3 is 2.29 bits per heavy atom. The van der Waals surface area contributed by atoms with E-state index in [1.807, 2.05) is 24.4 Å². The molecule has 1 unspecified atom stereocenters. The number of nitrogens with one attached hydrogen (secondary N) is 3. The number of piperazine rings is 1. The first kappa shape index (κ1) is 35.0. The Morgan fingerprint density at radius 2 is 1.53 bits per heavy atom. The SMILES string of the molecule is Cn1c(=O)n(C2CCC(=O)NC2=O)c2ccc(N3CCC(CCN4CCN(c5ccc(-c6cc(-c7cc8c([nH]7)CCNC8=O)ccn6)cc5)CC4)CC3)cc21. The monoisotopic (exact) mass is 741 g/mol. The normalized spacial score (nSPS) is 19.8. The number of carbonyl (C=O) groups is 3. The lowest BCUT2D eigenvalue weighted by Crippen LogP contribution is -2.47. The van der Waals surface area contributed by atoms with Crippen LogP contribution in [-0.2, 0) is 23.1 Å². The highest BCUT2D eigenvalue weighted by Crippen LogP contribution is 2.31. The van der Waals surface area contributed by atoms with Crippen molar-refractivity contribution in [1.82, 2.24) is 34.6 Å². The smallest absolute Gasteiger partial charge is 0.329 e. The topological polar surface area (TPSA) is 141 Å². The molecule has 3 N–H and O–H groups in total. The van der Waals surface area contributed by atoms with E-state index < -0.39 is 11.9 Å². The number of amides is 3. The summed E-state index contributed by atoms with van der Waals surface area (Å²) in [6.45, 7) is 7.87. The number of piperidine rings is 2. The van der Waals surface area contributed by atoms with Crippen molar-refractivity contribution in [2.45, 2.75) is 44.6 Å². The molecule has 0 aliphatic carbocycles. The molecular formula is C42H47N9O4. The molecule has 284 valence electrons. The number of hydrogen-bond donors (Lipinski definition) is 3. The van der Waals surface area contributed by atoms with E-state index in [0.717, 1.165) is 116 Å². The van der Waals surface area contributed by atoms with Crippen LogP contribution in [-0.4, -0.2) is 94.1 Å². The van der Waals surface area contributed by atoms with Crippen molar-refractivity contribution in [3.63, 3.8) is 0 Å². The Kier molecular flexibility index (Phi) is 9.25. The van der Waals surface area contributed by atoms with E-state index in [1.165, 1.54) is 12.1 Å². The second-order valence-corrected chi connectivity index (χ2v) is 15.5. The molecular weight excluding hydrogens is 695 g/mol. The molecule has 3 saturated heterocycles. The van der Waals surface area contributed by atoms with Crippen LogP contribution in [0, 0.1) is 5.92 Å². The lowest BCUT2D eigenvalue weighted by atomic mass is 9.93. The van der Waals surface area contributed by atoms with Crippen molar-refractivity contribution in [1.29, 1.82) is 0 Å². The lowest BCUT2D eigenvalue weighted by molar-refractivity contribution is -0.135. The lowest BCUT2D eigenvalue weighted by Gasteiger charge is -2.38. The Morgan fingerprint density at radius 1 is 0.764 bits per heavy atom. The zero-order valence-electron chi connectivity index (χ0n) is 31.2. The van der Waals surface area contributed by atoms with Crippen LogP contribution in [0.15, 0.2) is 71.7 Å². The van der Waals surface area contributed by atoms with Gasteiger partial charge in [-0.3, -0.25) is 38.7 Å². The van der Waals surface area contributed by atoms with Gasteiger partial charge in [0, 0.05) is 106 Å². The van der Waals surface area contributed by atoms with Crippen molar-refractivity contribution in [2.75, 3.05) is 62.2 Å². The third kappa shape index (κ3) is 6.81. The molecule has 55 heavy (non-hydrogen) atoms. The zero-order chi connectivity index (χ0) is 37.6. The number of H-pyrrole nitrogens is 1.